The topological polar surface area (TPSA) is 49.3 Å². The molecule has 0 aliphatic heterocycles. The van der Waals surface area contributed by atoms with Crippen LogP contribution in [0.25, 0.3) is 0 Å². The SMILES string of the molecule is CCNC(=NCc1ccc(F)cc1CSC)NCc1ncc(C)s1.I. The quantitative estimate of drug-likeness (QED) is 0.342. The molecule has 0 bridgehead atoms. The van der Waals surface area contributed by atoms with Gasteiger partial charge in [0.25, 0.3) is 0 Å². The number of hydrogen-bond acceptors (Lipinski definition) is 4. The summed E-state index contributed by atoms with van der Waals surface area (Å²) in [6.45, 7) is 6.02. The first-order valence-corrected chi connectivity index (χ1v) is 10.0. The minimum atomic E-state index is -0.198. The van der Waals surface area contributed by atoms with E-state index in [-0.39, 0.29) is 29.8 Å². The third-order valence-corrected chi connectivity index (χ3v) is 4.81. The van der Waals surface area contributed by atoms with Crippen LogP contribution in [-0.2, 0) is 18.8 Å². The van der Waals surface area contributed by atoms with Crippen LogP contribution in [0.15, 0.2) is 29.4 Å². The lowest BCUT2D eigenvalue weighted by atomic mass is 10.1. The monoisotopic (exact) mass is 494 g/mol. The second kappa shape index (κ2) is 11.7. The zero-order chi connectivity index (χ0) is 17.4. The van der Waals surface area contributed by atoms with E-state index in [9.17, 15) is 4.39 Å². The highest BCUT2D eigenvalue weighted by Crippen LogP contribution is 2.17. The van der Waals surface area contributed by atoms with Crippen molar-refractivity contribution in [1.82, 2.24) is 15.6 Å². The molecule has 2 rings (SSSR count). The van der Waals surface area contributed by atoms with Gasteiger partial charge in [0.05, 0.1) is 13.1 Å². The zero-order valence-electron chi connectivity index (χ0n) is 14.6. The molecular formula is C17H24FIN4S2. The number of aromatic nitrogens is 1. The molecule has 0 radical (unpaired) electrons. The van der Waals surface area contributed by atoms with Gasteiger partial charge in [-0.2, -0.15) is 11.8 Å². The van der Waals surface area contributed by atoms with Crippen LogP contribution < -0.4 is 10.6 Å². The first-order valence-electron chi connectivity index (χ1n) is 7.82. The van der Waals surface area contributed by atoms with E-state index in [1.807, 2.05) is 32.4 Å². The summed E-state index contributed by atoms with van der Waals surface area (Å²) in [6, 6.07) is 4.91. The van der Waals surface area contributed by atoms with E-state index in [0.29, 0.717) is 13.1 Å². The summed E-state index contributed by atoms with van der Waals surface area (Å²) in [5, 5.41) is 7.55. The lowest BCUT2D eigenvalue weighted by Gasteiger charge is -2.11. The van der Waals surface area contributed by atoms with Crippen molar-refractivity contribution in [2.75, 3.05) is 12.8 Å². The summed E-state index contributed by atoms with van der Waals surface area (Å²) in [7, 11) is 0. The van der Waals surface area contributed by atoms with Crippen molar-refractivity contribution >= 4 is 53.0 Å². The Morgan fingerprint density at radius 3 is 2.76 bits per heavy atom. The lowest BCUT2D eigenvalue weighted by Crippen LogP contribution is -2.36. The summed E-state index contributed by atoms with van der Waals surface area (Å²) < 4.78 is 13.4. The van der Waals surface area contributed by atoms with E-state index in [0.717, 1.165) is 34.4 Å². The number of nitrogens with one attached hydrogen (secondary N) is 2. The van der Waals surface area contributed by atoms with E-state index in [2.05, 4.69) is 20.6 Å². The summed E-state index contributed by atoms with van der Waals surface area (Å²) >= 11 is 3.35. The Kier molecular flexibility index (Phi) is 10.4. The Morgan fingerprint density at radius 2 is 2.12 bits per heavy atom. The number of nitrogens with zero attached hydrogens (tertiary/aromatic N) is 2. The molecule has 25 heavy (non-hydrogen) atoms. The minimum absolute atomic E-state index is 0. The lowest BCUT2D eigenvalue weighted by molar-refractivity contribution is 0.625. The van der Waals surface area contributed by atoms with Crippen molar-refractivity contribution in [2.45, 2.75) is 32.7 Å². The van der Waals surface area contributed by atoms with E-state index < -0.39 is 0 Å². The number of rotatable bonds is 7. The van der Waals surface area contributed by atoms with Crippen LogP contribution in [-0.4, -0.2) is 23.7 Å². The molecule has 0 aliphatic carbocycles. The van der Waals surface area contributed by atoms with Gasteiger partial charge in [-0.1, -0.05) is 6.07 Å². The van der Waals surface area contributed by atoms with Crippen LogP contribution in [0, 0.1) is 12.7 Å². The zero-order valence-corrected chi connectivity index (χ0v) is 18.6. The predicted molar refractivity (Wildman–Crippen MR) is 118 cm³/mol. The second-order valence-electron chi connectivity index (χ2n) is 5.26. The van der Waals surface area contributed by atoms with Gasteiger partial charge in [-0.25, -0.2) is 14.4 Å². The van der Waals surface area contributed by atoms with Gasteiger partial charge in [0, 0.05) is 23.4 Å². The molecule has 0 amide bonds. The predicted octanol–water partition coefficient (Wildman–Crippen LogP) is 4.33. The summed E-state index contributed by atoms with van der Waals surface area (Å²) in [6.07, 6.45) is 3.89. The minimum Gasteiger partial charge on any atom is -0.357 e. The van der Waals surface area contributed by atoms with E-state index in [1.54, 1.807) is 29.2 Å². The Bertz CT molecular complexity index is 691. The molecule has 0 saturated carbocycles. The Labute approximate surface area is 174 Å². The van der Waals surface area contributed by atoms with Gasteiger partial charge < -0.3 is 10.6 Å². The van der Waals surface area contributed by atoms with Crippen molar-refractivity contribution in [3.63, 3.8) is 0 Å². The molecule has 0 spiro atoms. The molecule has 0 unspecified atom stereocenters. The Hall–Kier alpha value is -0.870. The molecule has 4 nitrogen and oxygen atoms in total. The first-order chi connectivity index (χ1) is 11.6. The fraction of sp³-hybridized carbons (Fsp3) is 0.412. The van der Waals surface area contributed by atoms with E-state index >= 15 is 0 Å². The fourth-order valence-corrected chi connectivity index (χ4v) is 3.49. The van der Waals surface area contributed by atoms with Gasteiger partial charge >= 0.3 is 0 Å². The molecule has 0 aliphatic rings. The Morgan fingerprint density at radius 1 is 1.32 bits per heavy atom. The third kappa shape index (κ3) is 7.49. The number of halogens is 2. The summed E-state index contributed by atoms with van der Waals surface area (Å²) in [4.78, 5) is 10.2. The highest BCUT2D eigenvalue weighted by atomic mass is 127. The van der Waals surface area contributed by atoms with Crippen LogP contribution in [0.3, 0.4) is 0 Å². The van der Waals surface area contributed by atoms with Crippen molar-refractivity contribution in [3.05, 3.63) is 51.2 Å². The van der Waals surface area contributed by atoms with Crippen LogP contribution in [0.4, 0.5) is 4.39 Å². The molecule has 2 N–H and O–H groups in total. The third-order valence-electron chi connectivity index (χ3n) is 3.30. The number of guanidine groups is 1. The van der Waals surface area contributed by atoms with Gasteiger partial charge in [0.1, 0.15) is 10.8 Å². The van der Waals surface area contributed by atoms with Crippen molar-refractivity contribution in [3.8, 4) is 0 Å². The highest BCUT2D eigenvalue weighted by Gasteiger charge is 2.05. The molecule has 8 heteroatoms. The smallest absolute Gasteiger partial charge is 0.191 e. The average Bonchev–Trinajstić information content (AvgIpc) is 2.97. The maximum atomic E-state index is 13.4. The largest absolute Gasteiger partial charge is 0.357 e. The molecule has 138 valence electrons. The fourth-order valence-electron chi connectivity index (χ4n) is 2.19. The number of thiazole rings is 1. The number of aryl methyl sites for hydroxylation is 1. The van der Waals surface area contributed by atoms with Crippen LogP contribution in [0.2, 0.25) is 0 Å². The number of aliphatic imine (C=N–C) groups is 1. The van der Waals surface area contributed by atoms with E-state index in [4.69, 9.17) is 0 Å². The molecule has 0 atom stereocenters. The van der Waals surface area contributed by atoms with Crippen LogP contribution in [0.1, 0.15) is 27.9 Å². The molecule has 2 aromatic rings. The highest BCUT2D eigenvalue weighted by molar-refractivity contribution is 14.0. The van der Waals surface area contributed by atoms with Crippen molar-refractivity contribution in [2.24, 2.45) is 4.99 Å². The van der Waals surface area contributed by atoms with Gasteiger partial charge in [-0.05, 0) is 43.4 Å². The molecule has 1 aromatic carbocycles. The van der Waals surface area contributed by atoms with Crippen LogP contribution in [0.5, 0.6) is 0 Å². The number of thioether (sulfide) groups is 1. The van der Waals surface area contributed by atoms with Gasteiger partial charge in [0.15, 0.2) is 5.96 Å². The van der Waals surface area contributed by atoms with E-state index in [1.165, 1.54) is 10.9 Å². The van der Waals surface area contributed by atoms with Gasteiger partial charge in [-0.15, -0.1) is 35.3 Å². The van der Waals surface area contributed by atoms with Crippen molar-refractivity contribution < 1.29 is 4.39 Å². The Balaban J connectivity index is 0.00000312. The summed E-state index contributed by atoms with van der Waals surface area (Å²) in [5.41, 5.74) is 2.05. The molecule has 1 aromatic heterocycles. The van der Waals surface area contributed by atoms with Gasteiger partial charge in [0.2, 0.25) is 0 Å². The second-order valence-corrected chi connectivity index (χ2v) is 7.44. The maximum Gasteiger partial charge on any atom is 0.191 e. The molecule has 1 heterocycles. The number of hydrogen-bond donors (Lipinski definition) is 2. The summed E-state index contributed by atoms with van der Waals surface area (Å²) in [5.74, 6) is 1.33. The van der Waals surface area contributed by atoms with Gasteiger partial charge in [-0.3, -0.25) is 0 Å². The maximum absolute atomic E-state index is 13.4. The van der Waals surface area contributed by atoms with Crippen molar-refractivity contribution in [1.29, 1.82) is 0 Å². The molecule has 0 fully saturated rings. The number of benzene rings is 1. The normalized spacial score (nSPS) is 11.1. The molecular weight excluding hydrogens is 470 g/mol. The first kappa shape index (κ1) is 22.2. The van der Waals surface area contributed by atoms with Crippen LogP contribution >= 0.6 is 47.1 Å². The molecule has 0 saturated heterocycles. The average molecular weight is 494 g/mol. The standard InChI is InChI=1S/C17H23FN4S2.HI/c1-4-19-17(22-10-16-20-8-12(2)24-16)21-9-13-5-6-15(18)7-14(13)11-23-3;/h5-8H,4,9-11H2,1-3H3,(H2,19,21,22);1H.